The van der Waals surface area contributed by atoms with E-state index in [4.69, 9.17) is 11.6 Å². The molecular formula is C15H19ClN4O2S. The van der Waals surface area contributed by atoms with Crippen molar-refractivity contribution in [2.45, 2.75) is 19.2 Å². The van der Waals surface area contributed by atoms with Gasteiger partial charge in [-0.2, -0.15) is 0 Å². The average Bonchev–Trinajstić information content (AvgIpc) is 2.47. The SMILES string of the molecule is Cc1cc(N(C)C)nc(CNS(=O)(=O)Cc2ccc(Cl)cc2)n1. The highest BCUT2D eigenvalue weighted by Gasteiger charge is 2.13. The number of benzene rings is 1. The molecule has 2 rings (SSSR count). The van der Waals surface area contributed by atoms with Crippen LogP contribution in [0, 0.1) is 6.92 Å². The fourth-order valence-corrected chi connectivity index (χ4v) is 3.15. The molecule has 124 valence electrons. The quantitative estimate of drug-likeness (QED) is 0.860. The van der Waals surface area contributed by atoms with Crippen LogP contribution in [0.5, 0.6) is 0 Å². The van der Waals surface area contributed by atoms with E-state index in [-0.39, 0.29) is 12.3 Å². The number of sulfonamides is 1. The van der Waals surface area contributed by atoms with Gasteiger partial charge < -0.3 is 4.90 Å². The van der Waals surface area contributed by atoms with Crippen molar-refractivity contribution < 1.29 is 8.42 Å². The Bertz CT molecular complexity index is 777. The molecule has 6 nitrogen and oxygen atoms in total. The van der Waals surface area contributed by atoms with Crippen LogP contribution in [0.25, 0.3) is 0 Å². The summed E-state index contributed by atoms with van der Waals surface area (Å²) < 4.78 is 26.8. The molecule has 2 aromatic rings. The zero-order valence-electron chi connectivity index (χ0n) is 13.2. The maximum Gasteiger partial charge on any atom is 0.216 e. The van der Waals surface area contributed by atoms with E-state index < -0.39 is 10.0 Å². The molecule has 1 aromatic carbocycles. The Morgan fingerprint density at radius 1 is 1.17 bits per heavy atom. The summed E-state index contributed by atoms with van der Waals surface area (Å²) in [4.78, 5) is 10.4. The summed E-state index contributed by atoms with van der Waals surface area (Å²) in [5, 5.41) is 0.573. The molecular weight excluding hydrogens is 336 g/mol. The van der Waals surface area contributed by atoms with Crippen molar-refractivity contribution in [1.82, 2.24) is 14.7 Å². The van der Waals surface area contributed by atoms with Gasteiger partial charge in [-0.3, -0.25) is 0 Å². The number of aryl methyl sites for hydroxylation is 1. The molecule has 8 heteroatoms. The highest BCUT2D eigenvalue weighted by Crippen LogP contribution is 2.12. The zero-order valence-corrected chi connectivity index (χ0v) is 14.8. The second-order valence-corrected chi connectivity index (χ2v) is 7.63. The van der Waals surface area contributed by atoms with Crippen LogP contribution in [0.2, 0.25) is 5.02 Å². The fraction of sp³-hybridized carbons (Fsp3) is 0.333. The number of aromatic nitrogens is 2. The van der Waals surface area contributed by atoms with Crippen molar-refractivity contribution in [2.75, 3.05) is 19.0 Å². The summed E-state index contributed by atoms with van der Waals surface area (Å²) in [6.45, 7) is 1.90. The lowest BCUT2D eigenvalue weighted by molar-refractivity contribution is 0.578. The molecule has 23 heavy (non-hydrogen) atoms. The summed E-state index contributed by atoms with van der Waals surface area (Å²) in [5.74, 6) is 1.06. The maximum atomic E-state index is 12.2. The molecule has 1 N–H and O–H groups in total. The third kappa shape index (κ3) is 5.46. The average molecular weight is 355 g/mol. The molecule has 0 bridgehead atoms. The maximum absolute atomic E-state index is 12.2. The van der Waals surface area contributed by atoms with Gasteiger partial charge in [0.05, 0.1) is 12.3 Å². The molecule has 1 heterocycles. The molecule has 0 aliphatic carbocycles. The molecule has 1 aromatic heterocycles. The number of nitrogens with one attached hydrogen (secondary N) is 1. The van der Waals surface area contributed by atoms with Gasteiger partial charge >= 0.3 is 0 Å². The number of rotatable bonds is 6. The first-order valence-corrected chi connectivity index (χ1v) is 9.02. The van der Waals surface area contributed by atoms with Crippen molar-refractivity contribution in [3.8, 4) is 0 Å². The molecule has 0 saturated heterocycles. The largest absolute Gasteiger partial charge is 0.363 e. The van der Waals surface area contributed by atoms with Crippen LogP contribution in [0.1, 0.15) is 17.1 Å². The van der Waals surface area contributed by atoms with Crippen molar-refractivity contribution >= 4 is 27.4 Å². The van der Waals surface area contributed by atoms with E-state index in [0.29, 0.717) is 16.4 Å². The molecule has 0 amide bonds. The van der Waals surface area contributed by atoms with E-state index in [9.17, 15) is 8.42 Å². The van der Waals surface area contributed by atoms with Crippen molar-refractivity contribution in [2.24, 2.45) is 0 Å². The lowest BCUT2D eigenvalue weighted by Gasteiger charge is -2.13. The standard InChI is InChI=1S/C15H19ClN4O2S/c1-11-8-15(20(2)3)19-14(18-11)9-17-23(21,22)10-12-4-6-13(16)7-5-12/h4-8,17H,9-10H2,1-3H3. The number of nitrogens with zero attached hydrogens (tertiary/aromatic N) is 3. The van der Waals surface area contributed by atoms with Crippen LogP contribution < -0.4 is 9.62 Å². The van der Waals surface area contributed by atoms with Gasteiger partial charge in [-0.05, 0) is 24.6 Å². The van der Waals surface area contributed by atoms with Crippen LogP contribution in [0.4, 0.5) is 5.82 Å². The van der Waals surface area contributed by atoms with Crippen molar-refractivity contribution in [3.05, 3.63) is 52.4 Å². The van der Waals surface area contributed by atoms with E-state index in [1.807, 2.05) is 32.0 Å². The second-order valence-electron chi connectivity index (χ2n) is 5.38. The molecule has 0 spiro atoms. The lowest BCUT2D eigenvalue weighted by Crippen LogP contribution is -2.26. The van der Waals surface area contributed by atoms with E-state index in [2.05, 4.69) is 14.7 Å². The molecule has 0 atom stereocenters. The van der Waals surface area contributed by atoms with Gasteiger partial charge in [-0.15, -0.1) is 0 Å². The lowest BCUT2D eigenvalue weighted by atomic mass is 10.2. The van der Waals surface area contributed by atoms with Gasteiger partial charge in [-0.25, -0.2) is 23.1 Å². The molecule has 0 aliphatic rings. The Hall–Kier alpha value is -1.70. The van der Waals surface area contributed by atoms with Gasteiger partial charge in [0.15, 0.2) is 0 Å². The fourth-order valence-electron chi connectivity index (χ4n) is 1.95. The van der Waals surface area contributed by atoms with Gasteiger partial charge in [0.1, 0.15) is 11.6 Å². The molecule has 0 aliphatic heterocycles. The third-order valence-electron chi connectivity index (χ3n) is 3.07. The van der Waals surface area contributed by atoms with Crippen molar-refractivity contribution in [1.29, 1.82) is 0 Å². The molecule has 0 unspecified atom stereocenters. The summed E-state index contributed by atoms with van der Waals surface area (Å²) in [5.41, 5.74) is 1.46. The third-order valence-corrected chi connectivity index (χ3v) is 4.61. The second kappa shape index (κ2) is 7.25. The smallest absolute Gasteiger partial charge is 0.216 e. The van der Waals surface area contributed by atoms with E-state index in [1.165, 1.54) is 0 Å². The van der Waals surface area contributed by atoms with E-state index in [0.717, 1.165) is 11.5 Å². The number of anilines is 1. The Balaban J connectivity index is 2.05. The van der Waals surface area contributed by atoms with Gasteiger partial charge in [0, 0.05) is 30.9 Å². The van der Waals surface area contributed by atoms with Gasteiger partial charge in [0.2, 0.25) is 10.0 Å². The normalized spacial score (nSPS) is 11.5. The first-order chi connectivity index (χ1) is 10.7. The van der Waals surface area contributed by atoms with Crippen molar-refractivity contribution in [3.63, 3.8) is 0 Å². The minimum Gasteiger partial charge on any atom is -0.363 e. The molecule has 0 radical (unpaired) electrons. The molecule has 0 fully saturated rings. The molecule has 0 saturated carbocycles. The Morgan fingerprint density at radius 3 is 2.43 bits per heavy atom. The highest BCUT2D eigenvalue weighted by atomic mass is 35.5. The number of hydrogen-bond donors (Lipinski definition) is 1. The van der Waals surface area contributed by atoms with Crippen LogP contribution in [0.15, 0.2) is 30.3 Å². The summed E-state index contributed by atoms with van der Waals surface area (Å²) in [6, 6.07) is 8.55. The topological polar surface area (TPSA) is 75.2 Å². The van der Waals surface area contributed by atoms with Crippen LogP contribution in [-0.4, -0.2) is 32.5 Å². The Morgan fingerprint density at radius 2 is 1.83 bits per heavy atom. The summed E-state index contributed by atoms with van der Waals surface area (Å²) in [7, 11) is 0.264. The van der Waals surface area contributed by atoms with Gasteiger partial charge in [-0.1, -0.05) is 23.7 Å². The predicted molar refractivity (Wildman–Crippen MR) is 92.0 cm³/mol. The zero-order chi connectivity index (χ0) is 17.0. The monoisotopic (exact) mass is 354 g/mol. The minimum absolute atomic E-state index is 0.0540. The van der Waals surface area contributed by atoms with Gasteiger partial charge in [0.25, 0.3) is 0 Å². The Labute approximate surface area is 141 Å². The van der Waals surface area contributed by atoms with Crippen LogP contribution in [-0.2, 0) is 22.3 Å². The number of hydrogen-bond acceptors (Lipinski definition) is 5. The first-order valence-electron chi connectivity index (χ1n) is 6.99. The predicted octanol–water partition coefficient (Wildman–Crippen LogP) is 2.12. The van der Waals surface area contributed by atoms with E-state index >= 15 is 0 Å². The van der Waals surface area contributed by atoms with Crippen LogP contribution in [0.3, 0.4) is 0 Å². The van der Waals surface area contributed by atoms with Crippen LogP contribution >= 0.6 is 11.6 Å². The number of halogens is 1. The summed E-state index contributed by atoms with van der Waals surface area (Å²) in [6.07, 6.45) is 0. The highest BCUT2D eigenvalue weighted by molar-refractivity contribution is 7.88. The first kappa shape index (κ1) is 17.7. The summed E-state index contributed by atoms with van der Waals surface area (Å²) >= 11 is 5.79. The Kier molecular flexibility index (Phi) is 5.56. The minimum atomic E-state index is -3.48. The van der Waals surface area contributed by atoms with E-state index in [1.54, 1.807) is 24.3 Å².